The Hall–Kier alpha value is -6.72. The smallest absolute Gasteiger partial charge is 0.184 e. The van der Waals surface area contributed by atoms with Gasteiger partial charge in [0.15, 0.2) is 11.6 Å². The van der Waals surface area contributed by atoms with Crippen LogP contribution in [0.25, 0.3) is 16.6 Å². The lowest BCUT2D eigenvalue weighted by atomic mass is 9.73. The van der Waals surface area contributed by atoms with Crippen LogP contribution in [0.2, 0.25) is 0 Å². The molecular formula is C77H108N4O6S. The Morgan fingerprint density at radius 1 is 0.568 bits per heavy atom. The second-order valence-corrected chi connectivity index (χ2v) is 31.3. The number of rotatable bonds is 12. The summed E-state index contributed by atoms with van der Waals surface area (Å²) in [6, 6.07) is 38.2. The fourth-order valence-corrected chi connectivity index (χ4v) is 10.1. The number of ketones is 6. The molecule has 0 radical (unpaired) electrons. The highest BCUT2D eigenvalue weighted by atomic mass is 32.1. The summed E-state index contributed by atoms with van der Waals surface area (Å²) in [5, 5.41) is 8.29. The summed E-state index contributed by atoms with van der Waals surface area (Å²) in [7, 11) is 0. The topological polar surface area (TPSA) is 149 Å². The molecule has 3 heterocycles. The summed E-state index contributed by atoms with van der Waals surface area (Å²) in [4.78, 5) is 79.2. The Kier molecular flexibility index (Phi) is 28.0. The van der Waals surface area contributed by atoms with E-state index in [2.05, 4.69) is 60.1 Å². The van der Waals surface area contributed by atoms with Crippen molar-refractivity contribution in [2.75, 3.05) is 0 Å². The van der Waals surface area contributed by atoms with Crippen LogP contribution >= 0.6 is 11.3 Å². The van der Waals surface area contributed by atoms with Gasteiger partial charge < -0.3 is 4.98 Å². The standard InChI is InChI=1S/C17H24O.C14H16N2O.C14H20O.C13H15NO.C10H15NOS.C9H18O/c1-17(2,3)16(18)15(14-11-7-8-12-14)13-9-5-4-6-10-13;1-14(2,3)13(17)11-9-15-16(10-11)12-7-5-4-6-8-12;1-10-6-8-12(9-7-10)11(2)13(15)14(3,4)5;1-13(2,3)12(15)11-8-9-6-4-5-7-10(9)14-11;1-7-11-8(6-13-7)5-9(12)10(2,3)4;1-7(2)6-8(10)9(3,4)5/h4-6,9-10,14-15H,7-8,11-12H2,1-3H3;4-10H,1-3H3;6-9,11H,1-5H3;4-8,14H,1-3H3;6H,5H2,1-4H3;7H,6H2,1-5H3. The molecule has 0 aliphatic heterocycles. The van der Waals surface area contributed by atoms with E-state index in [9.17, 15) is 28.8 Å². The molecule has 1 N–H and O–H groups in total. The van der Waals surface area contributed by atoms with Gasteiger partial charge in [0.2, 0.25) is 0 Å². The van der Waals surface area contributed by atoms with Crippen molar-refractivity contribution in [2.45, 2.75) is 210 Å². The maximum Gasteiger partial charge on any atom is 0.184 e. The van der Waals surface area contributed by atoms with E-state index >= 15 is 0 Å². The normalized spacial score (nSPS) is 13.5. The van der Waals surface area contributed by atoms with Crippen molar-refractivity contribution in [3.05, 3.63) is 172 Å². The number of H-pyrrole nitrogens is 1. The monoisotopic (exact) mass is 1220 g/mol. The number of aromatic amines is 1. The van der Waals surface area contributed by atoms with Gasteiger partial charge in [0.05, 0.1) is 40.3 Å². The molecule has 10 nitrogen and oxygen atoms in total. The van der Waals surface area contributed by atoms with Crippen molar-refractivity contribution in [1.82, 2.24) is 19.7 Å². The van der Waals surface area contributed by atoms with E-state index in [0.29, 0.717) is 53.3 Å². The largest absolute Gasteiger partial charge is 0.352 e. The molecule has 0 amide bonds. The van der Waals surface area contributed by atoms with Crippen molar-refractivity contribution < 1.29 is 28.8 Å². The van der Waals surface area contributed by atoms with Crippen LogP contribution < -0.4 is 0 Å². The third-order valence-corrected chi connectivity index (χ3v) is 15.9. The van der Waals surface area contributed by atoms with E-state index in [1.807, 2.05) is 235 Å². The summed E-state index contributed by atoms with van der Waals surface area (Å²) in [6.07, 6.45) is 9.57. The average Bonchev–Trinajstić information content (AvgIpc) is 4.39. The van der Waals surface area contributed by atoms with Gasteiger partial charge in [-0.3, -0.25) is 28.8 Å². The van der Waals surface area contributed by atoms with Crippen molar-refractivity contribution in [1.29, 1.82) is 0 Å². The Bertz CT molecular complexity index is 3280. The van der Waals surface area contributed by atoms with Crippen molar-refractivity contribution in [2.24, 2.45) is 44.3 Å². The molecule has 0 spiro atoms. The van der Waals surface area contributed by atoms with E-state index in [4.69, 9.17) is 0 Å². The predicted molar refractivity (Wildman–Crippen MR) is 368 cm³/mol. The van der Waals surface area contributed by atoms with Crippen LogP contribution in [0.5, 0.6) is 0 Å². The molecule has 2 unspecified atom stereocenters. The van der Waals surface area contributed by atoms with Crippen molar-refractivity contribution in [3.63, 3.8) is 0 Å². The molecule has 3 aromatic heterocycles. The number of aromatic nitrogens is 4. The van der Waals surface area contributed by atoms with Crippen LogP contribution in [0.1, 0.15) is 238 Å². The summed E-state index contributed by atoms with van der Waals surface area (Å²) in [5.74, 6) is 2.72. The van der Waals surface area contributed by atoms with Crippen molar-refractivity contribution in [3.8, 4) is 5.69 Å². The fraction of sp³-hybridized carbons (Fsp3) is 0.506. The summed E-state index contributed by atoms with van der Waals surface area (Å²) >= 11 is 1.59. The molecule has 0 saturated heterocycles. The molecular weight excluding hydrogens is 1110 g/mol. The maximum absolute atomic E-state index is 12.8. The molecule has 7 aromatic rings. The van der Waals surface area contributed by atoms with E-state index in [-0.39, 0.29) is 61.7 Å². The van der Waals surface area contributed by atoms with Crippen LogP contribution in [0.3, 0.4) is 0 Å². The quantitative estimate of drug-likeness (QED) is 0.119. The highest BCUT2D eigenvalue weighted by Gasteiger charge is 2.37. The predicted octanol–water partition coefficient (Wildman–Crippen LogP) is 20.0. The van der Waals surface area contributed by atoms with Gasteiger partial charge in [-0.05, 0) is 73.9 Å². The Morgan fingerprint density at radius 2 is 1.07 bits per heavy atom. The third kappa shape index (κ3) is 25.0. The van der Waals surface area contributed by atoms with Gasteiger partial charge in [-0.15, -0.1) is 11.3 Å². The summed E-state index contributed by atoms with van der Waals surface area (Å²) < 4.78 is 1.72. The van der Waals surface area contributed by atoms with Crippen LogP contribution in [0, 0.1) is 58.2 Å². The second kappa shape index (κ2) is 32.7. The van der Waals surface area contributed by atoms with Gasteiger partial charge in [0.1, 0.15) is 23.1 Å². The molecule has 4 aromatic carbocycles. The zero-order valence-electron chi connectivity index (χ0n) is 58.0. The molecule has 88 heavy (non-hydrogen) atoms. The first kappa shape index (κ1) is 75.5. The number of carbonyl (C=O) groups is 6. The van der Waals surface area contributed by atoms with Gasteiger partial charge in [-0.2, -0.15) is 5.10 Å². The number of fused-ring (bicyclic) bond motifs is 1. The van der Waals surface area contributed by atoms with Gasteiger partial charge in [0, 0.05) is 73.2 Å². The zero-order chi connectivity index (χ0) is 66.8. The van der Waals surface area contributed by atoms with E-state index < -0.39 is 0 Å². The van der Waals surface area contributed by atoms with Gasteiger partial charge >= 0.3 is 0 Å². The van der Waals surface area contributed by atoms with E-state index in [0.717, 1.165) is 32.9 Å². The summed E-state index contributed by atoms with van der Waals surface area (Å²) in [5.41, 5.74) is 6.18. The third-order valence-electron chi connectivity index (χ3n) is 15.0. The molecule has 1 fully saturated rings. The van der Waals surface area contributed by atoms with Crippen LogP contribution in [-0.2, 0) is 25.6 Å². The molecule has 0 bridgehead atoms. The number of hydrogen-bond donors (Lipinski definition) is 1. The van der Waals surface area contributed by atoms with Crippen LogP contribution in [0.15, 0.2) is 133 Å². The Labute approximate surface area is 533 Å². The number of aryl methyl sites for hydroxylation is 2. The summed E-state index contributed by atoms with van der Waals surface area (Å²) in [6.45, 7) is 45.4. The number of nitrogens with zero attached hydrogens (tertiary/aromatic N) is 3. The first-order valence-corrected chi connectivity index (χ1v) is 32.4. The minimum atomic E-state index is -0.370. The molecule has 8 rings (SSSR count). The maximum atomic E-state index is 12.8. The number of benzene rings is 4. The molecule has 478 valence electrons. The van der Waals surface area contributed by atoms with E-state index in [1.54, 1.807) is 28.4 Å². The van der Waals surface area contributed by atoms with Gasteiger partial charge in [0.25, 0.3) is 0 Å². The first-order chi connectivity index (χ1) is 40.5. The Morgan fingerprint density at radius 3 is 1.51 bits per heavy atom. The molecule has 11 heteroatoms. The Balaban J connectivity index is 0.000000279. The van der Waals surface area contributed by atoms with E-state index in [1.165, 1.54) is 36.8 Å². The minimum absolute atomic E-state index is 0.00870. The first-order valence-electron chi connectivity index (χ1n) is 31.5. The molecule has 1 aliphatic carbocycles. The fourth-order valence-electron chi connectivity index (χ4n) is 9.50. The van der Waals surface area contributed by atoms with Gasteiger partial charge in [-0.25, -0.2) is 9.67 Å². The number of hydrogen-bond acceptors (Lipinski definition) is 9. The van der Waals surface area contributed by atoms with Gasteiger partial charge in [-0.1, -0.05) is 255 Å². The number of thiazole rings is 1. The lowest BCUT2D eigenvalue weighted by Crippen LogP contribution is -2.30. The number of carbonyl (C=O) groups excluding carboxylic acids is 6. The zero-order valence-corrected chi connectivity index (χ0v) is 58.8. The molecule has 1 saturated carbocycles. The number of nitrogens with one attached hydrogen (secondary N) is 1. The lowest BCUT2D eigenvalue weighted by molar-refractivity contribution is -0.129. The van der Waals surface area contributed by atoms with Crippen LogP contribution in [0.4, 0.5) is 0 Å². The highest BCUT2D eigenvalue weighted by Crippen LogP contribution is 2.41. The minimum Gasteiger partial charge on any atom is -0.352 e. The number of para-hydroxylation sites is 2. The highest BCUT2D eigenvalue weighted by molar-refractivity contribution is 7.09. The number of Topliss-reactive ketones (excluding diaryl/α,β-unsaturated/α-hetero) is 6. The second-order valence-electron chi connectivity index (χ2n) is 30.2. The lowest BCUT2D eigenvalue weighted by Gasteiger charge is -2.29. The van der Waals surface area contributed by atoms with Crippen molar-refractivity contribution >= 4 is 56.9 Å². The average molecular weight is 1220 g/mol. The molecule has 2 atom stereocenters. The SMILES string of the molecule is CC(C)(C)C(=O)C(c1ccccc1)C1CCCC1.CC(C)(C)C(=O)c1cc2ccccc2[nH]1.CC(C)(C)C(=O)c1cnn(-c2ccccc2)c1.CC(C)CC(=O)C(C)(C)C.Cc1ccc(C(C)C(=O)C(C)(C)C)cc1.Cc1nc(CC(=O)C(C)(C)C)cs1. The van der Waals surface area contributed by atoms with Crippen LogP contribution in [-0.4, -0.2) is 54.4 Å². The molecule has 1 aliphatic rings.